The van der Waals surface area contributed by atoms with Gasteiger partial charge in [-0.1, -0.05) is 19.1 Å². The van der Waals surface area contributed by atoms with Crippen LogP contribution in [0, 0.1) is 3.57 Å². The summed E-state index contributed by atoms with van der Waals surface area (Å²) in [5.74, 6) is -0.260. The average molecular weight is 361 g/mol. The molecule has 0 radical (unpaired) electrons. The van der Waals surface area contributed by atoms with Crippen molar-refractivity contribution >= 4 is 28.6 Å². The number of hydrogen-bond acceptors (Lipinski definition) is 3. The van der Waals surface area contributed by atoms with E-state index in [0.29, 0.717) is 0 Å². The number of rotatable bonds is 5. The van der Waals surface area contributed by atoms with E-state index in [1.165, 1.54) is 7.11 Å². The Labute approximate surface area is 122 Å². The van der Waals surface area contributed by atoms with Gasteiger partial charge >= 0.3 is 5.97 Å². The predicted molar refractivity (Wildman–Crippen MR) is 81.4 cm³/mol. The summed E-state index contributed by atoms with van der Waals surface area (Å²) in [5.41, 5.74) is 0.129. The maximum absolute atomic E-state index is 12.1. The molecule has 1 N–H and O–H groups in total. The molecule has 18 heavy (non-hydrogen) atoms. The SMILES string of the molecule is CCC(C)NC(C)(C(=O)OC)c1ccc(I)cc1. The number of methoxy groups -OCH3 is 1. The zero-order valence-electron chi connectivity index (χ0n) is 11.3. The van der Waals surface area contributed by atoms with E-state index in [0.717, 1.165) is 15.6 Å². The van der Waals surface area contributed by atoms with Gasteiger partial charge in [-0.15, -0.1) is 0 Å². The number of ether oxygens (including phenoxy) is 1. The molecule has 0 aliphatic heterocycles. The van der Waals surface area contributed by atoms with Crippen LogP contribution in [0.15, 0.2) is 24.3 Å². The molecule has 0 spiro atoms. The highest BCUT2D eigenvalue weighted by atomic mass is 127. The summed E-state index contributed by atoms with van der Waals surface area (Å²) in [4.78, 5) is 12.1. The van der Waals surface area contributed by atoms with Crippen molar-refractivity contribution in [3.8, 4) is 0 Å². The van der Waals surface area contributed by atoms with E-state index in [1.54, 1.807) is 0 Å². The molecular formula is C14H20INO2. The molecule has 1 rings (SSSR count). The molecule has 0 amide bonds. The number of esters is 1. The van der Waals surface area contributed by atoms with Crippen molar-refractivity contribution in [2.24, 2.45) is 0 Å². The summed E-state index contributed by atoms with van der Waals surface area (Å²) in [6.07, 6.45) is 0.955. The molecule has 0 bridgehead atoms. The number of hydrogen-bond donors (Lipinski definition) is 1. The van der Waals surface area contributed by atoms with Crippen LogP contribution >= 0.6 is 22.6 Å². The van der Waals surface area contributed by atoms with Gasteiger partial charge in [0.15, 0.2) is 0 Å². The zero-order chi connectivity index (χ0) is 13.8. The number of nitrogens with one attached hydrogen (secondary N) is 1. The molecule has 0 fully saturated rings. The number of carbonyl (C=O) groups is 1. The van der Waals surface area contributed by atoms with Crippen molar-refractivity contribution < 1.29 is 9.53 Å². The van der Waals surface area contributed by atoms with Crippen LogP contribution in [0.3, 0.4) is 0 Å². The maximum Gasteiger partial charge on any atom is 0.330 e. The highest BCUT2D eigenvalue weighted by Gasteiger charge is 2.37. The minimum atomic E-state index is -0.797. The van der Waals surface area contributed by atoms with Gasteiger partial charge in [-0.3, -0.25) is 5.32 Å². The Balaban J connectivity index is 3.11. The Bertz CT molecular complexity index is 405. The molecule has 0 aromatic heterocycles. The highest BCUT2D eigenvalue weighted by Crippen LogP contribution is 2.24. The topological polar surface area (TPSA) is 38.3 Å². The lowest BCUT2D eigenvalue weighted by molar-refractivity contribution is -0.148. The van der Waals surface area contributed by atoms with Gasteiger partial charge in [0.05, 0.1) is 7.11 Å². The second kappa shape index (κ2) is 6.52. The first-order valence-corrected chi connectivity index (χ1v) is 7.14. The van der Waals surface area contributed by atoms with Crippen LogP contribution < -0.4 is 5.32 Å². The Kier molecular flexibility index (Phi) is 5.59. The first-order valence-electron chi connectivity index (χ1n) is 6.06. The smallest absolute Gasteiger partial charge is 0.330 e. The van der Waals surface area contributed by atoms with Crippen molar-refractivity contribution in [1.29, 1.82) is 0 Å². The molecule has 3 nitrogen and oxygen atoms in total. The van der Waals surface area contributed by atoms with Crippen LogP contribution in [0.25, 0.3) is 0 Å². The van der Waals surface area contributed by atoms with Gasteiger partial charge in [-0.05, 0) is 60.6 Å². The van der Waals surface area contributed by atoms with Crippen LogP contribution in [-0.4, -0.2) is 19.1 Å². The van der Waals surface area contributed by atoms with Crippen molar-refractivity contribution in [3.05, 3.63) is 33.4 Å². The molecule has 2 atom stereocenters. The maximum atomic E-state index is 12.1. The van der Waals surface area contributed by atoms with E-state index in [-0.39, 0.29) is 12.0 Å². The molecular weight excluding hydrogens is 341 g/mol. The molecule has 0 saturated heterocycles. The van der Waals surface area contributed by atoms with E-state index < -0.39 is 5.54 Å². The lowest BCUT2D eigenvalue weighted by Crippen LogP contribution is -2.50. The molecule has 0 aliphatic carbocycles. The van der Waals surface area contributed by atoms with E-state index in [9.17, 15) is 4.79 Å². The minimum Gasteiger partial charge on any atom is -0.467 e. The van der Waals surface area contributed by atoms with Crippen LogP contribution in [0.2, 0.25) is 0 Å². The van der Waals surface area contributed by atoms with Crippen LogP contribution in [-0.2, 0) is 15.1 Å². The van der Waals surface area contributed by atoms with Crippen molar-refractivity contribution in [2.75, 3.05) is 7.11 Å². The fraction of sp³-hybridized carbons (Fsp3) is 0.500. The number of halogens is 1. The van der Waals surface area contributed by atoms with Crippen molar-refractivity contribution in [1.82, 2.24) is 5.32 Å². The van der Waals surface area contributed by atoms with Crippen LogP contribution in [0.1, 0.15) is 32.8 Å². The second-order valence-electron chi connectivity index (χ2n) is 4.58. The predicted octanol–water partition coefficient (Wildman–Crippen LogP) is 3.07. The summed E-state index contributed by atoms with van der Waals surface area (Å²) in [6.45, 7) is 6.02. The summed E-state index contributed by atoms with van der Waals surface area (Å²) in [7, 11) is 1.42. The minimum absolute atomic E-state index is 0.244. The van der Waals surface area contributed by atoms with Gasteiger partial charge in [0, 0.05) is 9.61 Å². The van der Waals surface area contributed by atoms with Crippen LogP contribution in [0.4, 0.5) is 0 Å². The standard InChI is InChI=1S/C14H20INO2/c1-5-10(2)16-14(3,13(17)18-4)11-6-8-12(15)9-7-11/h6-10,16H,5H2,1-4H3. The molecule has 0 heterocycles. The third kappa shape index (κ3) is 3.45. The summed E-state index contributed by atoms with van der Waals surface area (Å²) >= 11 is 2.25. The van der Waals surface area contributed by atoms with Gasteiger partial charge in [0.2, 0.25) is 0 Å². The fourth-order valence-corrected chi connectivity index (χ4v) is 2.20. The third-order valence-corrected chi connectivity index (χ3v) is 3.88. The second-order valence-corrected chi connectivity index (χ2v) is 5.82. The van der Waals surface area contributed by atoms with E-state index in [1.807, 2.05) is 31.2 Å². The molecule has 0 saturated carbocycles. The monoisotopic (exact) mass is 361 g/mol. The normalized spacial score (nSPS) is 15.8. The molecule has 1 aromatic rings. The highest BCUT2D eigenvalue weighted by molar-refractivity contribution is 14.1. The summed E-state index contributed by atoms with van der Waals surface area (Å²) < 4.78 is 6.09. The summed E-state index contributed by atoms with van der Waals surface area (Å²) in [6, 6.07) is 8.17. The Morgan fingerprint density at radius 3 is 2.44 bits per heavy atom. The number of benzene rings is 1. The molecule has 1 aromatic carbocycles. The van der Waals surface area contributed by atoms with Gasteiger partial charge in [0.25, 0.3) is 0 Å². The number of carbonyl (C=O) groups excluding carboxylic acids is 1. The Morgan fingerprint density at radius 2 is 2.00 bits per heavy atom. The van der Waals surface area contributed by atoms with E-state index >= 15 is 0 Å². The van der Waals surface area contributed by atoms with Crippen molar-refractivity contribution in [2.45, 2.75) is 38.8 Å². The molecule has 100 valence electrons. The largest absolute Gasteiger partial charge is 0.467 e. The van der Waals surface area contributed by atoms with Gasteiger partial charge in [-0.25, -0.2) is 4.79 Å². The van der Waals surface area contributed by atoms with E-state index in [2.05, 4.69) is 41.8 Å². The molecule has 2 unspecified atom stereocenters. The van der Waals surface area contributed by atoms with Gasteiger partial charge < -0.3 is 4.74 Å². The van der Waals surface area contributed by atoms with E-state index in [4.69, 9.17) is 4.74 Å². The lowest BCUT2D eigenvalue weighted by atomic mass is 9.91. The average Bonchev–Trinajstić information content (AvgIpc) is 2.38. The molecule has 0 aliphatic rings. The Hall–Kier alpha value is -0.620. The summed E-state index contributed by atoms with van der Waals surface area (Å²) in [5, 5.41) is 3.35. The first-order chi connectivity index (χ1) is 8.43. The molecule has 4 heteroatoms. The zero-order valence-corrected chi connectivity index (χ0v) is 13.4. The first kappa shape index (κ1) is 15.4. The van der Waals surface area contributed by atoms with Crippen molar-refractivity contribution in [3.63, 3.8) is 0 Å². The van der Waals surface area contributed by atoms with Gasteiger partial charge in [-0.2, -0.15) is 0 Å². The lowest BCUT2D eigenvalue weighted by Gasteiger charge is -2.31. The van der Waals surface area contributed by atoms with Gasteiger partial charge in [0.1, 0.15) is 5.54 Å². The fourth-order valence-electron chi connectivity index (χ4n) is 1.84. The Morgan fingerprint density at radius 1 is 1.44 bits per heavy atom. The quantitative estimate of drug-likeness (QED) is 0.647. The third-order valence-electron chi connectivity index (χ3n) is 3.16. The van der Waals surface area contributed by atoms with Crippen LogP contribution in [0.5, 0.6) is 0 Å².